The second kappa shape index (κ2) is 7.18. The van der Waals surface area contributed by atoms with Crippen LogP contribution in [0.1, 0.15) is 42.7 Å². The molecule has 0 bridgehead atoms. The van der Waals surface area contributed by atoms with Crippen LogP contribution in [0.15, 0.2) is 42.7 Å². The van der Waals surface area contributed by atoms with Gasteiger partial charge in [0.15, 0.2) is 0 Å². The van der Waals surface area contributed by atoms with Gasteiger partial charge in [0.2, 0.25) is 11.8 Å². The molecule has 1 aromatic carbocycles. The van der Waals surface area contributed by atoms with Gasteiger partial charge < -0.3 is 10.2 Å². The van der Waals surface area contributed by atoms with E-state index >= 15 is 0 Å². The Morgan fingerprint density at radius 2 is 2.00 bits per heavy atom. The first kappa shape index (κ1) is 17.8. The van der Waals surface area contributed by atoms with Crippen LogP contribution in [0.25, 0.3) is 0 Å². The molecule has 27 heavy (non-hydrogen) atoms. The minimum Gasteiger partial charge on any atom is -0.350 e. The maximum atomic E-state index is 12.5. The monoisotopic (exact) mass is 366 g/mol. The number of likely N-dealkylation sites (tertiary alicyclic amines) is 1. The van der Waals surface area contributed by atoms with Crippen molar-refractivity contribution in [1.82, 2.24) is 20.0 Å². The number of aryl methyl sites for hydroxylation is 2. The molecular formula is C21H26N4O2. The van der Waals surface area contributed by atoms with Crippen LogP contribution in [-0.2, 0) is 23.1 Å². The normalized spacial score (nSPS) is 21.4. The van der Waals surface area contributed by atoms with Crippen LogP contribution < -0.4 is 5.32 Å². The van der Waals surface area contributed by atoms with Gasteiger partial charge in [0.25, 0.3) is 0 Å². The van der Waals surface area contributed by atoms with Gasteiger partial charge in [0.1, 0.15) is 0 Å². The van der Waals surface area contributed by atoms with E-state index in [4.69, 9.17) is 0 Å². The highest BCUT2D eigenvalue weighted by Gasteiger charge is 2.46. The number of benzene rings is 1. The SMILES string of the molecule is Cn1cc(CCC(=O)N2CCC3(CC2)C[C@@H](c2ccccc2)C(=O)N3)cn1. The molecule has 1 atom stereocenters. The van der Waals surface area contributed by atoms with Crippen LogP contribution in [0.4, 0.5) is 0 Å². The highest BCUT2D eigenvalue weighted by molar-refractivity contribution is 5.87. The number of hydrogen-bond acceptors (Lipinski definition) is 3. The molecule has 0 radical (unpaired) electrons. The number of carbonyl (C=O) groups is 2. The zero-order valence-electron chi connectivity index (χ0n) is 15.7. The van der Waals surface area contributed by atoms with Crippen molar-refractivity contribution in [1.29, 1.82) is 0 Å². The third-order valence-corrected chi connectivity index (χ3v) is 5.96. The molecule has 1 aromatic heterocycles. The number of hydrogen-bond donors (Lipinski definition) is 1. The first-order valence-electron chi connectivity index (χ1n) is 9.67. The molecule has 2 aromatic rings. The molecule has 142 valence electrons. The smallest absolute Gasteiger partial charge is 0.228 e. The number of rotatable bonds is 4. The van der Waals surface area contributed by atoms with Crippen LogP contribution in [0.5, 0.6) is 0 Å². The summed E-state index contributed by atoms with van der Waals surface area (Å²) in [5.41, 5.74) is 2.02. The predicted octanol–water partition coefficient (Wildman–Crippen LogP) is 2.02. The van der Waals surface area contributed by atoms with E-state index in [0.717, 1.165) is 36.8 Å². The quantitative estimate of drug-likeness (QED) is 0.900. The Labute approximate surface area is 159 Å². The Bertz CT molecular complexity index is 822. The first-order valence-corrected chi connectivity index (χ1v) is 9.67. The average molecular weight is 366 g/mol. The molecule has 6 nitrogen and oxygen atoms in total. The lowest BCUT2D eigenvalue weighted by molar-refractivity contribution is -0.132. The van der Waals surface area contributed by atoms with E-state index in [1.54, 1.807) is 4.68 Å². The number of amides is 2. The number of carbonyl (C=O) groups excluding carboxylic acids is 2. The standard InChI is InChI=1S/C21H26N4O2/c1-24-15-16(14-22-24)7-8-19(26)25-11-9-21(10-12-25)13-18(20(27)23-21)17-5-3-2-4-6-17/h2-6,14-15,18H,7-13H2,1H3,(H,23,27)/t18-/m0/s1. The maximum absolute atomic E-state index is 12.5. The van der Waals surface area contributed by atoms with E-state index < -0.39 is 0 Å². The molecule has 1 spiro atoms. The molecule has 2 fully saturated rings. The Morgan fingerprint density at radius 1 is 1.26 bits per heavy atom. The molecule has 2 aliphatic rings. The Morgan fingerprint density at radius 3 is 2.67 bits per heavy atom. The number of nitrogens with zero attached hydrogens (tertiary/aromatic N) is 3. The fraction of sp³-hybridized carbons (Fsp3) is 0.476. The molecule has 2 amide bonds. The van der Waals surface area contributed by atoms with E-state index in [2.05, 4.69) is 10.4 Å². The molecule has 0 aliphatic carbocycles. The lowest BCUT2D eigenvalue weighted by atomic mass is 9.82. The lowest BCUT2D eigenvalue weighted by Gasteiger charge is -2.39. The highest BCUT2D eigenvalue weighted by atomic mass is 16.2. The van der Waals surface area contributed by atoms with Gasteiger partial charge in [-0.25, -0.2) is 0 Å². The van der Waals surface area contributed by atoms with Crippen molar-refractivity contribution < 1.29 is 9.59 Å². The van der Waals surface area contributed by atoms with Crippen LogP contribution in [0.2, 0.25) is 0 Å². The fourth-order valence-electron chi connectivity index (χ4n) is 4.36. The number of nitrogens with one attached hydrogen (secondary N) is 1. The second-order valence-electron chi connectivity index (χ2n) is 7.84. The lowest BCUT2D eigenvalue weighted by Crippen LogP contribution is -2.52. The summed E-state index contributed by atoms with van der Waals surface area (Å²) in [6.07, 6.45) is 7.50. The first-order chi connectivity index (χ1) is 13.0. The summed E-state index contributed by atoms with van der Waals surface area (Å²) in [5.74, 6) is 0.245. The molecule has 2 saturated heterocycles. The van der Waals surface area contributed by atoms with E-state index in [0.29, 0.717) is 19.5 Å². The van der Waals surface area contributed by atoms with E-state index in [-0.39, 0.29) is 23.3 Å². The number of aromatic nitrogens is 2. The van der Waals surface area contributed by atoms with E-state index in [9.17, 15) is 9.59 Å². The van der Waals surface area contributed by atoms with Gasteiger partial charge in [-0.15, -0.1) is 0 Å². The van der Waals surface area contributed by atoms with Crippen LogP contribution in [0.3, 0.4) is 0 Å². The van der Waals surface area contributed by atoms with Gasteiger partial charge >= 0.3 is 0 Å². The Hall–Kier alpha value is -2.63. The third kappa shape index (κ3) is 3.75. The van der Waals surface area contributed by atoms with Crippen molar-refractivity contribution in [2.24, 2.45) is 7.05 Å². The second-order valence-corrected chi connectivity index (χ2v) is 7.84. The molecule has 3 heterocycles. The summed E-state index contributed by atoms with van der Waals surface area (Å²) >= 11 is 0. The molecule has 2 aliphatic heterocycles. The number of piperidine rings is 1. The zero-order chi connectivity index (χ0) is 18.9. The molecule has 4 rings (SSSR count). The van der Waals surface area contributed by atoms with Crippen molar-refractivity contribution in [3.8, 4) is 0 Å². The minimum atomic E-state index is -0.155. The summed E-state index contributed by atoms with van der Waals surface area (Å²) in [6.45, 7) is 1.43. The fourth-order valence-corrected chi connectivity index (χ4v) is 4.36. The highest BCUT2D eigenvalue weighted by Crippen LogP contribution is 2.39. The van der Waals surface area contributed by atoms with Gasteiger partial charge in [-0.3, -0.25) is 14.3 Å². The van der Waals surface area contributed by atoms with Gasteiger partial charge in [-0.2, -0.15) is 5.10 Å². The third-order valence-electron chi connectivity index (χ3n) is 5.96. The van der Waals surface area contributed by atoms with Crippen LogP contribution in [-0.4, -0.2) is 45.1 Å². The summed E-state index contributed by atoms with van der Waals surface area (Å²) in [5, 5.41) is 7.40. The van der Waals surface area contributed by atoms with Crippen LogP contribution in [0, 0.1) is 0 Å². The molecule has 6 heteroatoms. The van der Waals surface area contributed by atoms with Crippen LogP contribution >= 0.6 is 0 Å². The van der Waals surface area contributed by atoms with Gasteiger partial charge in [-0.05, 0) is 36.8 Å². The Kier molecular flexibility index (Phi) is 4.72. The zero-order valence-corrected chi connectivity index (χ0v) is 15.7. The summed E-state index contributed by atoms with van der Waals surface area (Å²) < 4.78 is 1.76. The van der Waals surface area contributed by atoms with E-state index in [1.165, 1.54) is 0 Å². The predicted molar refractivity (Wildman–Crippen MR) is 102 cm³/mol. The minimum absolute atomic E-state index is 0.0703. The van der Waals surface area contributed by atoms with Crippen molar-refractivity contribution in [2.45, 2.75) is 43.6 Å². The topological polar surface area (TPSA) is 67.2 Å². The van der Waals surface area contributed by atoms with Crippen molar-refractivity contribution in [2.75, 3.05) is 13.1 Å². The van der Waals surface area contributed by atoms with Gasteiger partial charge in [-0.1, -0.05) is 30.3 Å². The van der Waals surface area contributed by atoms with Gasteiger partial charge in [0.05, 0.1) is 12.1 Å². The van der Waals surface area contributed by atoms with Gasteiger partial charge in [0, 0.05) is 38.3 Å². The largest absolute Gasteiger partial charge is 0.350 e. The van der Waals surface area contributed by atoms with Crippen molar-refractivity contribution in [3.05, 3.63) is 53.9 Å². The summed E-state index contributed by atoms with van der Waals surface area (Å²) in [4.78, 5) is 27.0. The maximum Gasteiger partial charge on any atom is 0.228 e. The molecular weight excluding hydrogens is 340 g/mol. The Balaban J connectivity index is 1.32. The van der Waals surface area contributed by atoms with E-state index in [1.807, 2.05) is 54.7 Å². The summed E-state index contributed by atoms with van der Waals surface area (Å²) in [6, 6.07) is 10.00. The summed E-state index contributed by atoms with van der Waals surface area (Å²) in [7, 11) is 1.88. The average Bonchev–Trinajstić information content (AvgIpc) is 3.24. The van der Waals surface area contributed by atoms with Crippen molar-refractivity contribution in [3.63, 3.8) is 0 Å². The molecule has 0 unspecified atom stereocenters. The van der Waals surface area contributed by atoms with Crippen molar-refractivity contribution >= 4 is 11.8 Å². The molecule has 1 N–H and O–H groups in total. The molecule has 0 saturated carbocycles.